The Bertz CT molecular complexity index is 428. The van der Waals surface area contributed by atoms with E-state index in [0.717, 1.165) is 24.3 Å². The van der Waals surface area contributed by atoms with Crippen LogP contribution in [0.1, 0.15) is 39.0 Å². The SMILES string of the molecule is CCOc1ccccc1NCCC(=O)NC1CCCC1. The van der Waals surface area contributed by atoms with Crippen molar-refractivity contribution in [1.29, 1.82) is 0 Å². The molecule has 0 radical (unpaired) electrons. The zero-order chi connectivity index (χ0) is 14.2. The molecule has 1 aromatic carbocycles. The van der Waals surface area contributed by atoms with Gasteiger partial charge in [0.2, 0.25) is 5.91 Å². The van der Waals surface area contributed by atoms with E-state index in [1.807, 2.05) is 31.2 Å². The minimum Gasteiger partial charge on any atom is -0.492 e. The predicted molar refractivity (Wildman–Crippen MR) is 81.1 cm³/mol. The summed E-state index contributed by atoms with van der Waals surface area (Å²) in [5, 5.41) is 6.36. The van der Waals surface area contributed by atoms with Gasteiger partial charge in [-0.3, -0.25) is 4.79 Å². The van der Waals surface area contributed by atoms with E-state index in [2.05, 4.69) is 10.6 Å². The lowest BCUT2D eigenvalue weighted by Crippen LogP contribution is -2.33. The van der Waals surface area contributed by atoms with Crippen LogP contribution in [0.3, 0.4) is 0 Å². The Hall–Kier alpha value is -1.71. The van der Waals surface area contributed by atoms with E-state index in [0.29, 0.717) is 25.6 Å². The number of carbonyl (C=O) groups is 1. The Labute approximate surface area is 120 Å². The minimum atomic E-state index is 0.137. The van der Waals surface area contributed by atoms with Gasteiger partial charge in [0.05, 0.1) is 12.3 Å². The van der Waals surface area contributed by atoms with Crippen LogP contribution >= 0.6 is 0 Å². The first-order valence-electron chi connectivity index (χ1n) is 7.54. The molecule has 0 atom stereocenters. The smallest absolute Gasteiger partial charge is 0.221 e. The third kappa shape index (κ3) is 4.44. The number of para-hydroxylation sites is 2. The van der Waals surface area contributed by atoms with Gasteiger partial charge in [0.15, 0.2) is 0 Å². The maximum Gasteiger partial charge on any atom is 0.221 e. The van der Waals surface area contributed by atoms with E-state index in [1.54, 1.807) is 0 Å². The van der Waals surface area contributed by atoms with Crippen LogP contribution < -0.4 is 15.4 Å². The van der Waals surface area contributed by atoms with Crippen molar-refractivity contribution in [1.82, 2.24) is 5.32 Å². The highest BCUT2D eigenvalue weighted by molar-refractivity contribution is 5.77. The van der Waals surface area contributed by atoms with Crippen LogP contribution in [-0.2, 0) is 4.79 Å². The first-order valence-corrected chi connectivity index (χ1v) is 7.54. The number of benzene rings is 1. The van der Waals surface area contributed by atoms with Crippen LogP contribution in [0.5, 0.6) is 5.75 Å². The molecule has 0 aromatic heterocycles. The van der Waals surface area contributed by atoms with Gasteiger partial charge < -0.3 is 15.4 Å². The van der Waals surface area contributed by atoms with Gasteiger partial charge in [0.25, 0.3) is 0 Å². The molecule has 110 valence electrons. The Kier molecular flexibility index (Phi) is 5.71. The van der Waals surface area contributed by atoms with Crippen LogP contribution in [0.4, 0.5) is 5.69 Å². The Balaban J connectivity index is 1.73. The van der Waals surface area contributed by atoms with E-state index >= 15 is 0 Å². The van der Waals surface area contributed by atoms with E-state index in [-0.39, 0.29) is 5.91 Å². The molecule has 1 aromatic rings. The summed E-state index contributed by atoms with van der Waals surface area (Å²) in [6.07, 6.45) is 5.24. The third-order valence-electron chi connectivity index (χ3n) is 3.57. The molecule has 4 nitrogen and oxygen atoms in total. The van der Waals surface area contributed by atoms with E-state index in [4.69, 9.17) is 4.74 Å². The second kappa shape index (κ2) is 7.78. The molecule has 1 aliphatic rings. The Morgan fingerprint density at radius 1 is 1.30 bits per heavy atom. The van der Waals surface area contributed by atoms with E-state index < -0.39 is 0 Å². The van der Waals surface area contributed by atoms with Crippen LogP contribution in [-0.4, -0.2) is 25.1 Å². The van der Waals surface area contributed by atoms with Gasteiger partial charge in [-0.25, -0.2) is 0 Å². The fraction of sp³-hybridized carbons (Fsp3) is 0.562. The molecule has 2 rings (SSSR count). The number of hydrogen-bond acceptors (Lipinski definition) is 3. The summed E-state index contributed by atoms with van der Waals surface area (Å²) in [5.74, 6) is 0.976. The van der Waals surface area contributed by atoms with E-state index in [9.17, 15) is 4.79 Å². The second-order valence-electron chi connectivity index (χ2n) is 5.15. The molecule has 1 amide bonds. The predicted octanol–water partition coefficient (Wildman–Crippen LogP) is 2.95. The highest BCUT2D eigenvalue weighted by Gasteiger charge is 2.16. The molecule has 1 fully saturated rings. The first kappa shape index (κ1) is 14.7. The van der Waals surface area contributed by atoms with Crippen LogP contribution in [0.15, 0.2) is 24.3 Å². The van der Waals surface area contributed by atoms with Gasteiger partial charge in [0, 0.05) is 19.0 Å². The highest BCUT2D eigenvalue weighted by Crippen LogP contribution is 2.23. The normalized spacial score (nSPS) is 15.1. The van der Waals surface area contributed by atoms with Crippen molar-refractivity contribution in [2.24, 2.45) is 0 Å². The molecular weight excluding hydrogens is 252 g/mol. The first-order chi connectivity index (χ1) is 9.79. The zero-order valence-corrected chi connectivity index (χ0v) is 12.2. The minimum absolute atomic E-state index is 0.137. The zero-order valence-electron chi connectivity index (χ0n) is 12.2. The van der Waals surface area contributed by atoms with E-state index in [1.165, 1.54) is 12.8 Å². The summed E-state index contributed by atoms with van der Waals surface area (Å²) in [6, 6.07) is 8.22. The molecule has 0 aliphatic heterocycles. The fourth-order valence-corrected chi connectivity index (χ4v) is 2.57. The molecule has 0 heterocycles. The van der Waals surface area contributed by atoms with Crippen molar-refractivity contribution in [2.75, 3.05) is 18.5 Å². The topological polar surface area (TPSA) is 50.4 Å². The van der Waals surface area contributed by atoms with Crippen molar-refractivity contribution < 1.29 is 9.53 Å². The molecule has 4 heteroatoms. The number of rotatable bonds is 7. The number of amides is 1. The van der Waals surface area contributed by atoms with Gasteiger partial charge in [-0.1, -0.05) is 25.0 Å². The van der Waals surface area contributed by atoms with Crippen LogP contribution in [0.2, 0.25) is 0 Å². The Morgan fingerprint density at radius 3 is 2.80 bits per heavy atom. The van der Waals surface area contributed by atoms with Crippen LogP contribution in [0.25, 0.3) is 0 Å². The second-order valence-corrected chi connectivity index (χ2v) is 5.15. The van der Waals surface area contributed by atoms with Gasteiger partial charge in [-0.2, -0.15) is 0 Å². The summed E-state index contributed by atoms with van der Waals surface area (Å²) in [5.41, 5.74) is 0.947. The number of anilines is 1. The summed E-state index contributed by atoms with van der Waals surface area (Å²) >= 11 is 0. The Morgan fingerprint density at radius 2 is 2.05 bits per heavy atom. The lowest BCUT2D eigenvalue weighted by molar-refractivity contribution is -0.121. The molecular formula is C16H24N2O2. The maximum absolute atomic E-state index is 11.8. The van der Waals surface area contributed by atoms with Crippen molar-refractivity contribution in [3.8, 4) is 5.75 Å². The average molecular weight is 276 g/mol. The number of ether oxygens (including phenoxy) is 1. The van der Waals surface area contributed by atoms with Crippen molar-refractivity contribution in [2.45, 2.75) is 45.1 Å². The molecule has 1 aliphatic carbocycles. The molecule has 20 heavy (non-hydrogen) atoms. The molecule has 1 saturated carbocycles. The molecule has 0 spiro atoms. The summed E-state index contributed by atoms with van der Waals surface area (Å²) in [4.78, 5) is 11.8. The largest absolute Gasteiger partial charge is 0.492 e. The lowest BCUT2D eigenvalue weighted by atomic mass is 10.2. The van der Waals surface area contributed by atoms with Crippen LogP contribution in [0, 0.1) is 0 Å². The molecule has 2 N–H and O–H groups in total. The summed E-state index contributed by atoms with van der Waals surface area (Å²) < 4.78 is 5.54. The maximum atomic E-state index is 11.8. The molecule has 0 unspecified atom stereocenters. The van der Waals surface area contributed by atoms with Gasteiger partial charge in [0.1, 0.15) is 5.75 Å². The van der Waals surface area contributed by atoms with Gasteiger partial charge in [-0.05, 0) is 31.9 Å². The highest BCUT2D eigenvalue weighted by atomic mass is 16.5. The summed E-state index contributed by atoms with van der Waals surface area (Å²) in [6.45, 7) is 3.23. The average Bonchev–Trinajstić information content (AvgIpc) is 2.94. The number of carbonyl (C=O) groups excluding carboxylic acids is 1. The number of nitrogens with one attached hydrogen (secondary N) is 2. The van der Waals surface area contributed by atoms with Crippen molar-refractivity contribution >= 4 is 11.6 Å². The molecule has 0 bridgehead atoms. The van der Waals surface area contributed by atoms with Crippen molar-refractivity contribution in [3.05, 3.63) is 24.3 Å². The fourth-order valence-electron chi connectivity index (χ4n) is 2.57. The standard InChI is InChI=1S/C16H24N2O2/c1-2-20-15-10-6-5-9-14(15)17-12-11-16(19)18-13-7-3-4-8-13/h5-6,9-10,13,17H,2-4,7-8,11-12H2,1H3,(H,18,19). The van der Waals surface area contributed by atoms with Crippen molar-refractivity contribution in [3.63, 3.8) is 0 Å². The lowest BCUT2D eigenvalue weighted by Gasteiger charge is -2.14. The summed E-state index contributed by atoms with van der Waals surface area (Å²) in [7, 11) is 0. The van der Waals surface area contributed by atoms with Gasteiger partial charge >= 0.3 is 0 Å². The van der Waals surface area contributed by atoms with Gasteiger partial charge in [-0.15, -0.1) is 0 Å². The number of hydrogen-bond donors (Lipinski definition) is 2. The monoisotopic (exact) mass is 276 g/mol. The third-order valence-corrected chi connectivity index (χ3v) is 3.57. The quantitative estimate of drug-likeness (QED) is 0.805. The molecule has 0 saturated heterocycles.